The van der Waals surface area contributed by atoms with E-state index in [2.05, 4.69) is 67.6 Å². The minimum atomic E-state index is 0.838. The fourth-order valence-electron chi connectivity index (χ4n) is 2.47. The van der Waals surface area contributed by atoms with Gasteiger partial charge in [0.2, 0.25) is 0 Å². The molecular formula is C18H18. The number of allylic oxidation sites excluding steroid dienone is 1. The molecule has 0 heterocycles. The molecule has 0 unspecified atom stereocenters. The molecule has 1 aliphatic rings. The van der Waals surface area contributed by atoms with Crippen molar-refractivity contribution < 1.29 is 0 Å². The fourth-order valence-corrected chi connectivity index (χ4v) is 2.47. The number of hydrogen-bond donors (Lipinski definition) is 0. The maximum Gasteiger partial charge on any atom is -0.0154 e. The van der Waals surface area contributed by atoms with Crippen molar-refractivity contribution in [1.29, 1.82) is 0 Å². The van der Waals surface area contributed by atoms with Crippen LogP contribution in [0.3, 0.4) is 0 Å². The lowest BCUT2D eigenvalue weighted by molar-refractivity contribution is 1.13. The van der Waals surface area contributed by atoms with Gasteiger partial charge < -0.3 is 0 Å². The lowest BCUT2D eigenvalue weighted by Crippen LogP contribution is -1.88. The first kappa shape index (κ1) is 11.3. The monoisotopic (exact) mass is 234 g/mol. The second kappa shape index (κ2) is 4.81. The Labute approximate surface area is 109 Å². The second-order valence-corrected chi connectivity index (χ2v) is 4.96. The van der Waals surface area contributed by atoms with E-state index < -0.39 is 0 Å². The molecule has 3 rings (SSSR count). The van der Waals surface area contributed by atoms with Crippen LogP contribution >= 0.6 is 0 Å². The van der Waals surface area contributed by atoms with E-state index in [0.717, 1.165) is 5.92 Å². The lowest BCUT2D eigenvalue weighted by Gasteiger charge is -2.08. The molecule has 1 fully saturated rings. The quantitative estimate of drug-likeness (QED) is 0.699. The summed E-state index contributed by atoms with van der Waals surface area (Å²) in [5, 5.41) is 0. The Kier molecular flexibility index (Phi) is 3.02. The summed E-state index contributed by atoms with van der Waals surface area (Å²) in [6.07, 6.45) is 4.93. The van der Waals surface area contributed by atoms with Gasteiger partial charge in [-0.2, -0.15) is 0 Å². The Morgan fingerprint density at radius 2 is 1.50 bits per heavy atom. The minimum Gasteiger partial charge on any atom is -0.0792 e. The topological polar surface area (TPSA) is 0 Å². The van der Waals surface area contributed by atoms with Crippen LogP contribution in [0.2, 0.25) is 0 Å². The van der Waals surface area contributed by atoms with Crippen molar-refractivity contribution in [2.75, 3.05) is 0 Å². The molecule has 0 aromatic heterocycles. The third-order valence-corrected chi connectivity index (χ3v) is 3.64. The molecule has 0 radical (unpaired) electrons. The molecule has 18 heavy (non-hydrogen) atoms. The Morgan fingerprint density at radius 3 is 2.06 bits per heavy atom. The van der Waals surface area contributed by atoms with Crippen molar-refractivity contribution in [1.82, 2.24) is 0 Å². The summed E-state index contributed by atoms with van der Waals surface area (Å²) < 4.78 is 0. The van der Waals surface area contributed by atoms with Crippen LogP contribution in [0.4, 0.5) is 0 Å². The van der Waals surface area contributed by atoms with Crippen LogP contribution in [0.25, 0.3) is 5.57 Å². The van der Waals surface area contributed by atoms with Gasteiger partial charge in [-0.25, -0.2) is 0 Å². The summed E-state index contributed by atoms with van der Waals surface area (Å²) in [6.45, 7) is 2.11. The maximum absolute atomic E-state index is 2.29. The van der Waals surface area contributed by atoms with E-state index in [4.69, 9.17) is 0 Å². The maximum atomic E-state index is 2.29. The van der Waals surface area contributed by atoms with Crippen LogP contribution in [0.15, 0.2) is 60.7 Å². The van der Waals surface area contributed by atoms with Crippen molar-refractivity contribution in [2.24, 2.45) is 0 Å². The van der Waals surface area contributed by atoms with Crippen LogP contribution in [0.5, 0.6) is 0 Å². The van der Waals surface area contributed by atoms with Gasteiger partial charge in [0, 0.05) is 0 Å². The average Bonchev–Trinajstić information content (AvgIpc) is 3.26. The van der Waals surface area contributed by atoms with Crippen LogP contribution in [-0.4, -0.2) is 0 Å². The predicted molar refractivity (Wildman–Crippen MR) is 77.6 cm³/mol. The zero-order chi connectivity index (χ0) is 12.4. The molecule has 0 atom stereocenters. The van der Waals surface area contributed by atoms with Gasteiger partial charge >= 0.3 is 0 Å². The van der Waals surface area contributed by atoms with Gasteiger partial charge in [-0.05, 0) is 47.9 Å². The molecule has 1 saturated carbocycles. The smallest absolute Gasteiger partial charge is 0.0154 e. The molecule has 0 aliphatic heterocycles. The van der Waals surface area contributed by atoms with Crippen molar-refractivity contribution in [2.45, 2.75) is 25.7 Å². The van der Waals surface area contributed by atoms with Crippen LogP contribution in [-0.2, 0) is 0 Å². The van der Waals surface area contributed by atoms with Crippen LogP contribution < -0.4 is 0 Å². The first-order chi connectivity index (χ1) is 8.88. The summed E-state index contributed by atoms with van der Waals surface area (Å²) in [4.78, 5) is 0. The average molecular weight is 234 g/mol. The Bertz CT molecular complexity index is 542. The Balaban J connectivity index is 1.92. The molecule has 2 aromatic rings. The molecule has 90 valence electrons. The van der Waals surface area contributed by atoms with Gasteiger partial charge in [0.25, 0.3) is 0 Å². The van der Waals surface area contributed by atoms with E-state index in [-0.39, 0.29) is 0 Å². The molecule has 0 spiro atoms. The molecule has 0 bridgehead atoms. The molecule has 2 aromatic carbocycles. The third kappa shape index (κ3) is 2.24. The molecule has 0 nitrogen and oxygen atoms in total. The zero-order valence-corrected chi connectivity index (χ0v) is 10.8. The number of hydrogen-bond acceptors (Lipinski definition) is 0. The van der Waals surface area contributed by atoms with Gasteiger partial charge in [-0.3, -0.25) is 0 Å². The standard InChI is InChI=1S/C18H18/c1-2-18(16-6-4-3-5-7-16)17-12-10-15(11-13-17)14-8-9-14/h2-7,10-14H,8-9H2,1H3. The van der Waals surface area contributed by atoms with Crippen molar-refractivity contribution >= 4 is 5.57 Å². The number of benzene rings is 2. The van der Waals surface area contributed by atoms with Crippen LogP contribution in [0.1, 0.15) is 42.4 Å². The lowest BCUT2D eigenvalue weighted by atomic mass is 9.96. The molecule has 0 saturated heterocycles. The molecule has 0 heteroatoms. The second-order valence-electron chi connectivity index (χ2n) is 4.96. The van der Waals surface area contributed by atoms with Gasteiger partial charge in [0.15, 0.2) is 0 Å². The summed E-state index contributed by atoms with van der Waals surface area (Å²) in [5.74, 6) is 0.838. The first-order valence-corrected chi connectivity index (χ1v) is 6.70. The third-order valence-electron chi connectivity index (χ3n) is 3.64. The zero-order valence-electron chi connectivity index (χ0n) is 10.8. The Morgan fingerprint density at radius 1 is 0.889 bits per heavy atom. The first-order valence-electron chi connectivity index (χ1n) is 6.70. The summed E-state index contributed by atoms with van der Waals surface area (Å²) in [6, 6.07) is 19.7. The van der Waals surface area contributed by atoms with E-state index >= 15 is 0 Å². The fraction of sp³-hybridized carbons (Fsp3) is 0.222. The molecule has 0 N–H and O–H groups in total. The van der Waals surface area contributed by atoms with E-state index in [1.165, 1.54) is 35.1 Å². The van der Waals surface area contributed by atoms with Crippen molar-refractivity contribution in [3.8, 4) is 0 Å². The summed E-state index contributed by atoms with van der Waals surface area (Å²) >= 11 is 0. The highest BCUT2D eigenvalue weighted by molar-refractivity contribution is 5.79. The van der Waals surface area contributed by atoms with E-state index in [9.17, 15) is 0 Å². The molecule has 0 amide bonds. The van der Waals surface area contributed by atoms with Gasteiger partial charge in [-0.1, -0.05) is 60.7 Å². The normalized spacial score (nSPS) is 15.7. The highest BCUT2D eigenvalue weighted by Gasteiger charge is 2.23. The van der Waals surface area contributed by atoms with E-state index in [1.807, 2.05) is 0 Å². The van der Waals surface area contributed by atoms with Gasteiger partial charge in [0.1, 0.15) is 0 Å². The van der Waals surface area contributed by atoms with E-state index in [0.29, 0.717) is 0 Å². The Hall–Kier alpha value is -1.82. The summed E-state index contributed by atoms with van der Waals surface area (Å²) in [5.41, 5.74) is 5.42. The van der Waals surface area contributed by atoms with Crippen LogP contribution in [0, 0.1) is 0 Å². The molecule has 1 aliphatic carbocycles. The minimum absolute atomic E-state index is 0.838. The van der Waals surface area contributed by atoms with Gasteiger partial charge in [-0.15, -0.1) is 0 Å². The largest absolute Gasteiger partial charge is 0.0792 e. The van der Waals surface area contributed by atoms with Crippen molar-refractivity contribution in [3.05, 3.63) is 77.4 Å². The SMILES string of the molecule is CC=C(c1ccccc1)c1ccc(C2CC2)cc1. The van der Waals surface area contributed by atoms with E-state index in [1.54, 1.807) is 0 Å². The van der Waals surface area contributed by atoms with Gasteiger partial charge in [0.05, 0.1) is 0 Å². The summed E-state index contributed by atoms with van der Waals surface area (Å²) in [7, 11) is 0. The highest BCUT2D eigenvalue weighted by atomic mass is 14.3. The highest BCUT2D eigenvalue weighted by Crippen LogP contribution is 2.40. The van der Waals surface area contributed by atoms with Crippen molar-refractivity contribution in [3.63, 3.8) is 0 Å². The number of rotatable bonds is 3. The predicted octanol–water partition coefficient (Wildman–Crippen LogP) is 5.02. The molecular weight excluding hydrogens is 216 g/mol.